The molecule has 0 spiro atoms. The van der Waals surface area contributed by atoms with Gasteiger partial charge in [0, 0.05) is 13.1 Å². The maximum absolute atomic E-state index is 4.45. The van der Waals surface area contributed by atoms with Gasteiger partial charge in [0.05, 0.1) is 0 Å². The molecule has 69 valence electrons. The van der Waals surface area contributed by atoms with Gasteiger partial charge in [-0.3, -0.25) is 0 Å². The van der Waals surface area contributed by atoms with Crippen LogP contribution in [0.1, 0.15) is 18.4 Å². The van der Waals surface area contributed by atoms with Crippen LogP contribution < -0.4 is 5.32 Å². The predicted molar refractivity (Wildman–Crippen MR) is 54.7 cm³/mol. The highest BCUT2D eigenvalue weighted by atomic mass is 14.9. The van der Waals surface area contributed by atoms with Crippen molar-refractivity contribution >= 4 is 0 Å². The van der Waals surface area contributed by atoms with Gasteiger partial charge in [-0.25, -0.2) is 5.32 Å². The van der Waals surface area contributed by atoms with E-state index in [1.165, 1.54) is 24.8 Å². The molecule has 1 saturated heterocycles. The largest absolute Gasteiger partial charge is 0.241 e. The van der Waals surface area contributed by atoms with E-state index in [1.807, 2.05) is 0 Å². The van der Waals surface area contributed by atoms with E-state index in [0.717, 1.165) is 19.0 Å². The summed E-state index contributed by atoms with van der Waals surface area (Å²) in [6.07, 6.45) is 3.86. The third kappa shape index (κ3) is 2.56. The van der Waals surface area contributed by atoms with Crippen molar-refractivity contribution in [2.24, 2.45) is 5.92 Å². The minimum atomic E-state index is 0.802. The first kappa shape index (κ1) is 8.76. The van der Waals surface area contributed by atoms with Crippen LogP contribution in [-0.4, -0.2) is 13.1 Å². The summed E-state index contributed by atoms with van der Waals surface area (Å²) in [7, 11) is 0. The molecule has 1 atom stereocenters. The lowest BCUT2D eigenvalue weighted by Gasteiger charge is -2.21. The smallest absolute Gasteiger partial charge is 0.0164 e. The molecule has 0 amide bonds. The van der Waals surface area contributed by atoms with Crippen molar-refractivity contribution in [3.05, 3.63) is 35.9 Å². The van der Waals surface area contributed by atoms with Gasteiger partial charge in [0.25, 0.3) is 0 Å². The summed E-state index contributed by atoms with van der Waals surface area (Å²) >= 11 is 0. The standard InChI is InChI=1S/C12H16N/c1-2-5-11(6-3-1)9-12-7-4-8-13-10-12/h1-3,5-6,12H,4,7-10H2. The van der Waals surface area contributed by atoms with Crippen LogP contribution in [0, 0.1) is 5.92 Å². The molecule has 0 aliphatic carbocycles. The zero-order valence-electron chi connectivity index (χ0n) is 7.95. The van der Waals surface area contributed by atoms with Crippen molar-refractivity contribution in [3.8, 4) is 0 Å². The highest BCUT2D eigenvalue weighted by Crippen LogP contribution is 2.16. The van der Waals surface area contributed by atoms with Crippen LogP contribution in [0.5, 0.6) is 0 Å². The van der Waals surface area contributed by atoms with E-state index in [-0.39, 0.29) is 0 Å². The van der Waals surface area contributed by atoms with Crippen molar-refractivity contribution in [1.82, 2.24) is 5.32 Å². The van der Waals surface area contributed by atoms with Crippen LogP contribution in [0.25, 0.3) is 0 Å². The van der Waals surface area contributed by atoms with E-state index in [4.69, 9.17) is 0 Å². The molecule has 1 fully saturated rings. The van der Waals surface area contributed by atoms with Gasteiger partial charge >= 0.3 is 0 Å². The van der Waals surface area contributed by atoms with Gasteiger partial charge in [0.2, 0.25) is 0 Å². The van der Waals surface area contributed by atoms with E-state index in [2.05, 4.69) is 35.6 Å². The molecule has 1 aromatic rings. The molecule has 1 aliphatic rings. The van der Waals surface area contributed by atoms with E-state index < -0.39 is 0 Å². The van der Waals surface area contributed by atoms with Crippen molar-refractivity contribution in [2.75, 3.05) is 13.1 Å². The second-order valence-corrected chi connectivity index (χ2v) is 3.83. The number of piperidine rings is 1. The summed E-state index contributed by atoms with van der Waals surface area (Å²) in [5.41, 5.74) is 1.46. The molecule has 1 radical (unpaired) electrons. The van der Waals surface area contributed by atoms with Crippen molar-refractivity contribution < 1.29 is 0 Å². The summed E-state index contributed by atoms with van der Waals surface area (Å²) in [5.74, 6) is 0.802. The quantitative estimate of drug-likeness (QED) is 0.653. The lowest BCUT2D eigenvalue weighted by molar-refractivity contribution is 0.370. The normalized spacial score (nSPS) is 22.9. The first-order valence-corrected chi connectivity index (χ1v) is 5.12. The van der Waals surface area contributed by atoms with Gasteiger partial charge in [0.15, 0.2) is 0 Å². The predicted octanol–water partition coefficient (Wildman–Crippen LogP) is 2.24. The Labute approximate surface area is 80.2 Å². The lowest BCUT2D eigenvalue weighted by atomic mass is 9.92. The Kier molecular flexibility index (Phi) is 2.98. The van der Waals surface area contributed by atoms with Gasteiger partial charge in [-0.15, -0.1) is 0 Å². The van der Waals surface area contributed by atoms with Gasteiger partial charge in [-0.1, -0.05) is 30.3 Å². The average Bonchev–Trinajstić information content (AvgIpc) is 2.21. The average molecular weight is 174 g/mol. The topological polar surface area (TPSA) is 14.1 Å². The van der Waals surface area contributed by atoms with Crippen molar-refractivity contribution in [3.63, 3.8) is 0 Å². The van der Waals surface area contributed by atoms with E-state index >= 15 is 0 Å². The van der Waals surface area contributed by atoms with Crippen LogP contribution >= 0.6 is 0 Å². The fourth-order valence-electron chi connectivity index (χ4n) is 1.97. The summed E-state index contributed by atoms with van der Waals surface area (Å²) in [6, 6.07) is 10.8. The van der Waals surface area contributed by atoms with Gasteiger partial charge < -0.3 is 0 Å². The Morgan fingerprint density at radius 3 is 2.77 bits per heavy atom. The Hall–Kier alpha value is -0.820. The van der Waals surface area contributed by atoms with Gasteiger partial charge in [-0.2, -0.15) is 0 Å². The second kappa shape index (κ2) is 4.43. The molecule has 0 N–H and O–H groups in total. The van der Waals surface area contributed by atoms with Crippen LogP contribution in [-0.2, 0) is 6.42 Å². The van der Waals surface area contributed by atoms with Crippen molar-refractivity contribution in [1.29, 1.82) is 0 Å². The Bertz CT molecular complexity index is 237. The molecule has 1 heterocycles. The Balaban J connectivity index is 1.90. The van der Waals surface area contributed by atoms with Gasteiger partial charge in [0.1, 0.15) is 0 Å². The maximum Gasteiger partial charge on any atom is 0.0164 e. The fraction of sp³-hybridized carbons (Fsp3) is 0.500. The second-order valence-electron chi connectivity index (χ2n) is 3.83. The molecule has 0 bridgehead atoms. The zero-order chi connectivity index (χ0) is 8.93. The number of benzene rings is 1. The molecule has 2 rings (SSSR count). The molecule has 1 unspecified atom stereocenters. The third-order valence-corrected chi connectivity index (χ3v) is 2.68. The number of hydrogen-bond donors (Lipinski definition) is 0. The number of nitrogens with zero attached hydrogens (tertiary/aromatic N) is 1. The summed E-state index contributed by atoms with van der Waals surface area (Å²) in [5, 5.41) is 4.45. The van der Waals surface area contributed by atoms with Crippen molar-refractivity contribution in [2.45, 2.75) is 19.3 Å². The van der Waals surface area contributed by atoms with E-state index in [9.17, 15) is 0 Å². The van der Waals surface area contributed by atoms with E-state index in [1.54, 1.807) is 0 Å². The monoisotopic (exact) mass is 174 g/mol. The molecule has 0 aromatic heterocycles. The molecule has 1 aromatic carbocycles. The first-order valence-electron chi connectivity index (χ1n) is 5.12. The van der Waals surface area contributed by atoms with E-state index in [0.29, 0.717) is 0 Å². The molecule has 0 saturated carbocycles. The highest BCUT2D eigenvalue weighted by molar-refractivity contribution is 5.15. The molecule has 1 nitrogen and oxygen atoms in total. The third-order valence-electron chi connectivity index (χ3n) is 2.68. The Morgan fingerprint density at radius 1 is 1.23 bits per heavy atom. The highest BCUT2D eigenvalue weighted by Gasteiger charge is 2.13. The van der Waals surface area contributed by atoms with Crippen LogP contribution in [0.4, 0.5) is 0 Å². The number of hydrogen-bond acceptors (Lipinski definition) is 0. The zero-order valence-corrected chi connectivity index (χ0v) is 7.95. The molecule has 1 aliphatic heterocycles. The minimum absolute atomic E-state index is 0.802. The van der Waals surface area contributed by atoms with Crippen LogP contribution in [0.3, 0.4) is 0 Å². The summed E-state index contributed by atoms with van der Waals surface area (Å²) < 4.78 is 0. The molecular formula is C12H16N. The SMILES string of the molecule is c1ccc(CC2CCC[N]C2)cc1. The summed E-state index contributed by atoms with van der Waals surface area (Å²) in [4.78, 5) is 0. The number of rotatable bonds is 2. The van der Waals surface area contributed by atoms with Crippen LogP contribution in [0.2, 0.25) is 0 Å². The molecular weight excluding hydrogens is 158 g/mol. The Morgan fingerprint density at radius 2 is 2.08 bits per heavy atom. The molecule has 13 heavy (non-hydrogen) atoms. The maximum atomic E-state index is 4.45. The summed E-state index contributed by atoms with van der Waals surface area (Å²) in [6.45, 7) is 2.17. The van der Waals surface area contributed by atoms with Crippen LogP contribution in [0.15, 0.2) is 30.3 Å². The minimum Gasteiger partial charge on any atom is -0.241 e. The van der Waals surface area contributed by atoms with Gasteiger partial charge in [-0.05, 0) is 30.7 Å². The first-order chi connectivity index (χ1) is 6.45. The molecule has 1 heteroatoms. The lowest BCUT2D eigenvalue weighted by Crippen LogP contribution is -2.25. The fourth-order valence-corrected chi connectivity index (χ4v) is 1.97.